The van der Waals surface area contributed by atoms with Crippen molar-refractivity contribution in [3.8, 4) is 0 Å². The molecule has 1 heterocycles. The first-order chi connectivity index (χ1) is 14.1. The molecule has 0 aliphatic carbocycles. The van der Waals surface area contributed by atoms with Crippen molar-refractivity contribution in [2.45, 2.75) is 19.9 Å². The predicted octanol–water partition coefficient (Wildman–Crippen LogP) is 5.66. The second kappa shape index (κ2) is 10.4. The van der Waals surface area contributed by atoms with Gasteiger partial charge in [-0.3, -0.25) is 0 Å². The van der Waals surface area contributed by atoms with Crippen LogP contribution in [0.5, 0.6) is 0 Å². The van der Waals surface area contributed by atoms with Crippen molar-refractivity contribution in [3.63, 3.8) is 0 Å². The highest BCUT2D eigenvalue weighted by atomic mass is 35.5. The zero-order chi connectivity index (χ0) is 20.6. The van der Waals surface area contributed by atoms with Crippen molar-refractivity contribution >= 4 is 51.2 Å². The summed E-state index contributed by atoms with van der Waals surface area (Å²) in [7, 11) is 0. The summed E-state index contributed by atoms with van der Waals surface area (Å²) in [4.78, 5) is 13.5. The van der Waals surface area contributed by atoms with Crippen LogP contribution < -0.4 is 10.6 Å². The summed E-state index contributed by atoms with van der Waals surface area (Å²) in [5.74, 6) is -0.362. The Morgan fingerprint density at radius 1 is 1.14 bits per heavy atom. The fraction of sp³-hybridized carbons (Fsp3) is 0.182. The fourth-order valence-corrected chi connectivity index (χ4v) is 4.27. The highest BCUT2D eigenvalue weighted by molar-refractivity contribution is 7.80. The summed E-state index contributed by atoms with van der Waals surface area (Å²) in [5, 5.41) is 8.05. The lowest BCUT2D eigenvalue weighted by molar-refractivity contribution is 0.0528. The molecule has 0 atom stereocenters. The summed E-state index contributed by atoms with van der Waals surface area (Å²) in [6.07, 6.45) is 0.736. The van der Waals surface area contributed by atoms with Crippen LogP contribution in [0.2, 0.25) is 5.02 Å². The Balaban J connectivity index is 1.72. The van der Waals surface area contributed by atoms with Gasteiger partial charge in [0.25, 0.3) is 0 Å². The van der Waals surface area contributed by atoms with Crippen molar-refractivity contribution in [3.05, 3.63) is 87.3 Å². The molecule has 150 valence electrons. The van der Waals surface area contributed by atoms with Crippen molar-refractivity contribution in [2.75, 3.05) is 11.9 Å². The van der Waals surface area contributed by atoms with Gasteiger partial charge in [-0.15, -0.1) is 11.3 Å². The van der Waals surface area contributed by atoms with Gasteiger partial charge in [-0.05, 0) is 42.4 Å². The number of rotatable bonds is 7. The summed E-state index contributed by atoms with van der Waals surface area (Å²) < 4.78 is 5.21. The van der Waals surface area contributed by atoms with Gasteiger partial charge in [-0.2, -0.15) is 0 Å². The van der Waals surface area contributed by atoms with Gasteiger partial charge >= 0.3 is 5.97 Å². The zero-order valence-corrected chi connectivity index (χ0v) is 18.3. The molecule has 1 aromatic heterocycles. The van der Waals surface area contributed by atoms with Crippen LogP contribution in [0.25, 0.3) is 0 Å². The predicted molar refractivity (Wildman–Crippen MR) is 124 cm³/mol. The van der Waals surface area contributed by atoms with E-state index in [0.717, 1.165) is 16.9 Å². The van der Waals surface area contributed by atoms with Crippen molar-refractivity contribution in [1.29, 1.82) is 0 Å². The number of nitrogens with one attached hydrogen (secondary N) is 2. The Bertz CT molecular complexity index is 989. The smallest absolute Gasteiger partial charge is 0.341 e. The van der Waals surface area contributed by atoms with E-state index in [2.05, 4.69) is 22.8 Å². The average Bonchev–Trinajstić information content (AvgIpc) is 3.10. The summed E-state index contributed by atoms with van der Waals surface area (Å²) in [6.45, 7) is 2.60. The van der Waals surface area contributed by atoms with Crippen molar-refractivity contribution in [2.24, 2.45) is 0 Å². The second-order valence-electron chi connectivity index (χ2n) is 6.24. The minimum absolute atomic E-state index is 0.317. The minimum atomic E-state index is -0.362. The molecule has 2 N–H and O–H groups in total. The molecule has 3 aromatic rings. The third-order valence-electron chi connectivity index (χ3n) is 4.12. The van der Waals surface area contributed by atoms with Crippen LogP contribution in [-0.2, 0) is 17.7 Å². The Labute approximate surface area is 184 Å². The van der Waals surface area contributed by atoms with Crippen LogP contribution in [0.15, 0.2) is 60.7 Å². The first kappa shape index (κ1) is 21.3. The number of anilines is 1. The Morgan fingerprint density at radius 2 is 1.86 bits per heavy atom. The van der Waals surface area contributed by atoms with E-state index in [1.807, 2.05) is 48.5 Å². The molecule has 29 heavy (non-hydrogen) atoms. The number of ether oxygens (including phenoxy) is 1. The number of carbonyl (C=O) groups excluding carboxylic acids is 1. The maximum Gasteiger partial charge on any atom is 0.341 e. The molecule has 0 radical (unpaired) electrons. The van der Waals surface area contributed by atoms with E-state index in [9.17, 15) is 4.79 Å². The SMILES string of the molecule is CCOC(=O)c1cc(Cc2ccccc2)sc1NC(=S)NCc1ccccc1Cl. The quantitative estimate of drug-likeness (QED) is 0.364. The lowest BCUT2D eigenvalue weighted by atomic mass is 10.1. The van der Waals surface area contributed by atoms with Gasteiger partial charge in [0, 0.05) is 22.9 Å². The van der Waals surface area contributed by atoms with E-state index in [1.54, 1.807) is 6.92 Å². The number of esters is 1. The van der Waals surface area contributed by atoms with E-state index in [4.69, 9.17) is 28.6 Å². The van der Waals surface area contributed by atoms with Gasteiger partial charge < -0.3 is 15.4 Å². The Hall–Kier alpha value is -2.41. The van der Waals surface area contributed by atoms with Gasteiger partial charge in [-0.1, -0.05) is 60.1 Å². The Morgan fingerprint density at radius 3 is 2.59 bits per heavy atom. The summed E-state index contributed by atoms with van der Waals surface area (Å²) in [6, 6.07) is 19.6. The van der Waals surface area contributed by atoms with Crippen LogP contribution >= 0.6 is 35.2 Å². The van der Waals surface area contributed by atoms with Crippen LogP contribution in [-0.4, -0.2) is 17.7 Å². The van der Waals surface area contributed by atoms with Gasteiger partial charge in [0.1, 0.15) is 5.00 Å². The van der Waals surface area contributed by atoms with Crippen molar-refractivity contribution in [1.82, 2.24) is 5.32 Å². The molecule has 0 aliphatic rings. The lowest BCUT2D eigenvalue weighted by Crippen LogP contribution is -2.28. The standard InChI is InChI=1S/C22H21ClN2O2S2/c1-2-27-21(26)18-13-17(12-15-8-4-3-5-9-15)29-20(18)25-22(28)24-14-16-10-6-7-11-19(16)23/h3-11,13H,2,12,14H2,1H3,(H2,24,25,28). The number of halogens is 1. The van der Waals surface area contributed by atoms with Crippen LogP contribution in [0, 0.1) is 0 Å². The van der Waals surface area contributed by atoms with Gasteiger partial charge in [0.05, 0.1) is 12.2 Å². The second-order valence-corrected chi connectivity index (χ2v) is 8.19. The molecule has 0 unspecified atom stereocenters. The molecule has 2 aromatic carbocycles. The molecular formula is C22H21ClN2O2S2. The van der Waals surface area contributed by atoms with Gasteiger partial charge in [-0.25, -0.2) is 4.79 Å². The van der Waals surface area contributed by atoms with E-state index in [-0.39, 0.29) is 5.97 Å². The molecular weight excluding hydrogens is 424 g/mol. The van der Waals surface area contributed by atoms with Crippen LogP contribution in [0.4, 0.5) is 5.00 Å². The molecule has 0 saturated heterocycles. The highest BCUT2D eigenvalue weighted by Gasteiger charge is 2.18. The molecule has 7 heteroatoms. The molecule has 0 aliphatic heterocycles. The third-order valence-corrected chi connectivity index (χ3v) is 5.79. The maximum atomic E-state index is 12.4. The topological polar surface area (TPSA) is 50.4 Å². The number of hydrogen-bond donors (Lipinski definition) is 2. The molecule has 4 nitrogen and oxygen atoms in total. The van der Waals surface area contributed by atoms with Crippen LogP contribution in [0.3, 0.4) is 0 Å². The molecule has 3 rings (SSSR count). The van der Waals surface area contributed by atoms with Gasteiger partial charge in [0.2, 0.25) is 0 Å². The maximum absolute atomic E-state index is 12.4. The van der Waals surface area contributed by atoms with E-state index in [0.29, 0.717) is 33.9 Å². The van der Waals surface area contributed by atoms with E-state index < -0.39 is 0 Å². The lowest BCUT2D eigenvalue weighted by Gasteiger charge is -2.11. The summed E-state index contributed by atoms with van der Waals surface area (Å²) >= 11 is 13.1. The first-order valence-corrected chi connectivity index (χ1v) is 10.8. The molecule has 0 saturated carbocycles. The monoisotopic (exact) mass is 444 g/mol. The number of carbonyl (C=O) groups is 1. The third kappa shape index (κ3) is 6.03. The number of thiocarbonyl (C=S) groups is 1. The number of benzene rings is 2. The number of thiophene rings is 1. The molecule has 0 fully saturated rings. The normalized spacial score (nSPS) is 10.4. The molecule has 0 amide bonds. The molecule has 0 bridgehead atoms. The van der Waals surface area contributed by atoms with Crippen LogP contribution in [0.1, 0.15) is 33.3 Å². The number of hydrogen-bond acceptors (Lipinski definition) is 4. The van der Waals surface area contributed by atoms with Gasteiger partial charge in [0.15, 0.2) is 5.11 Å². The highest BCUT2D eigenvalue weighted by Crippen LogP contribution is 2.30. The van der Waals surface area contributed by atoms with Crippen molar-refractivity contribution < 1.29 is 9.53 Å². The van der Waals surface area contributed by atoms with E-state index >= 15 is 0 Å². The first-order valence-electron chi connectivity index (χ1n) is 9.18. The summed E-state index contributed by atoms with van der Waals surface area (Å²) in [5.41, 5.74) is 2.61. The van der Waals surface area contributed by atoms with E-state index in [1.165, 1.54) is 16.9 Å². The minimum Gasteiger partial charge on any atom is -0.462 e. The Kier molecular flexibility index (Phi) is 7.63. The fourth-order valence-electron chi connectivity index (χ4n) is 2.74. The average molecular weight is 445 g/mol. The largest absolute Gasteiger partial charge is 0.462 e. The molecule has 0 spiro atoms. The zero-order valence-electron chi connectivity index (χ0n) is 15.9.